The molecule has 4 N–H and O–H groups in total. The number of esters is 2. The van der Waals surface area contributed by atoms with E-state index in [1.165, 1.54) is 55.1 Å². The van der Waals surface area contributed by atoms with Crippen LogP contribution in [0, 0.1) is 11.6 Å². The molecule has 2 saturated heterocycles. The van der Waals surface area contributed by atoms with E-state index in [2.05, 4.69) is 73.4 Å². The van der Waals surface area contributed by atoms with E-state index in [1.807, 2.05) is 15.7 Å². The molecule has 0 aliphatic carbocycles. The number of carboxylic acids is 2. The van der Waals surface area contributed by atoms with Gasteiger partial charge in [0.1, 0.15) is 23.7 Å². The van der Waals surface area contributed by atoms with Crippen LogP contribution in [0.15, 0.2) is 125 Å². The van der Waals surface area contributed by atoms with Crippen molar-refractivity contribution in [2.75, 3.05) is 52.4 Å². The topological polar surface area (TPSA) is 223 Å². The highest BCUT2D eigenvalue weighted by molar-refractivity contribution is 9.11. The van der Waals surface area contributed by atoms with Crippen molar-refractivity contribution < 1.29 is 57.1 Å². The molecular formula is C47H46Br3F2N7O10S2. The number of hydrogen-bond donors (Lipinski definition) is 4. The fourth-order valence-corrected chi connectivity index (χ4v) is 10.0. The summed E-state index contributed by atoms with van der Waals surface area (Å²) in [6, 6.07) is 7.67. The van der Waals surface area contributed by atoms with Crippen LogP contribution in [0.5, 0.6) is 0 Å². The standard InChI is InChI=1S/C23H22BrFN4O5S.C16H12Br2FN3O2S.C8H12O3/c1-33-23(32)18-16(12-29-8-9-34-13(11-29)5-6-17(30)31)27-21(22-26-7-10-35-22)28-20(18)14-3-2-4-15(25)19(14)24;1-24-16(23)11-10(7-17)21-14(15-20-5-6-25-15)22-13(11)8-3-2-4-9(19)12(8)18;9-8(10)5-4-7-3-1-2-6-11-7/h2-7,10,13,20H,8-9,11-12H2,1H3,(H,27,28)(H,30,31);2-6,13H,7H2,1H3,(H,21,22);4-5,7H,1-3,6H2,(H,9,10)/b6-5+;;5-4+/t13-,20+;13-;7-/m100/s1. The molecule has 2 aromatic carbocycles. The molecule has 8 rings (SSSR count). The summed E-state index contributed by atoms with van der Waals surface area (Å²) in [6.45, 7) is 2.44. The number of nitrogens with one attached hydrogen (secondary N) is 2. The summed E-state index contributed by atoms with van der Waals surface area (Å²) < 4.78 is 49.9. The van der Waals surface area contributed by atoms with Crippen LogP contribution in [0.3, 0.4) is 0 Å². The molecule has 2 fully saturated rings. The molecule has 0 saturated carbocycles. The van der Waals surface area contributed by atoms with Gasteiger partial charge in [-0.2, -0.15) is 0 Å². The van der Waals surface area contributed by atoms with E-state index in [0.717, 1.165) is 38.0 Å². The number of carboxylic acid groups (broad SMARTS) is 2. The molecule has 376 valence electrons. The largest absolute Gasteiger partial charge is 0.478 e. The predicted molar refractivity (Wildman–Crippen MR) is 272 cm³/mol. The maximum Gasteiger partial charge on any atom is 0.338 e. The van der Waals surface area contributed by atoms with Crippen molar-refractivity contribution in [2.24, 2.45) is 9.98 Å². The Morgan fingerprint density at radius 1 is 0.775 bits per heavy atom. The van der Waals surface area contributed by atoms with Gasteiger partial charge in [-0.05, 0) is 86.5 Å². The maximum atomic E-state index is 14.4. The first kappa shape index (κ1) is 55.0. The van der Waals surface area contributed by atoms with Crippen LogP contribution in [-0.4, -0.2) is 125 Å². The third kappa shape index (κ3) is 14.9. The number of carbonyl (C=O) groups is 4. The fraction of sp³-hybridized carbons (Fsp3) is 0.319. The first-order valence-electron chi connectivity index (χ1n) is 21.6. The number of alkyl halides is 1. The van der Waals surface area contributed by atoms with Gasteiger partial charge in [-0.15, -0.1) is 22.7 Å². The smallest absolute Gasteiger partial charge is 0.338 e. The van der Waals surface area contributed by atoms with Gasteiger partial charge in [-0.3, -0.25) is 14.9 Å². The van der Waals surface area contributed by atoms with Crippen molar-refractivity contribution in [1.29, 1.82) is 0 Å². The van der Waals surface area contributed by atoms with Crippen LogP contribution in [0.1, 0.15) is 52.5 Å². The highest BCUT2D eigenvalue weighted by atomic mass is 79.9. The molecule has 4 aliphatic rings. The number of aliphatic imine (C=N–C) groups is 2. The summed E-state index contributed by atoms with van der Waals surface area (Å²) in [5.74, 6) is -2.98. The monoisotopic (exact) mass is 1210 g/mol. The average Bonchev–Trinajstić information content (AvgIpc) is 4.14. The summed E-state index contributed by atoms with van der Waals surface area (Å²) in [6.07, 6.45) is 11.4. The number of amidine groups is 2. The Kier molecular flexibility index (Phi) is 20.8. The third-order valence-electron chi connectivity index (χ3n) is 10.7. The van der Waals surface area contributed by atoms with E-state index in [4.69, 9.17) is 34.2 Å². The van der Waals surface area contributed by atoms with Crippen molar-refractivity contribution in [3.05, 3.63) is 148 Å². The molecular weight excluding hydrogens is 1160 g/mol. The number of halogens is 5. The zero-order valence-electron chi connectivity index (χ0n) is 37.9. The van der Waals surface area contributed by atoms with Crippen LogP contribution in [-0.2, 0) is 38.1 Å². The Bertz CT molecular complexity index is 2730. The zero-order chi connectivity index (χ0) is 51.0. The number of hydrogen-bond acceptors (Lipinski definition) is 17. The lowest BCUT2D eigenvalue weighted by molar-refractivity contribution is -0.137. The molecule has 4 aromatic rings. The summed E-state index contributed by atoms with van der Waals surface area (Å²) in [5.41, 5.74) is 2.74. The molecule has 0 unspecified atom stereocenters. The summed E-state index contributed by atoms with van der Waals surface area (Å²) in [4.78, 5) is 66.3. The number of morpholine rings is 1. The van der Waals surface area contributed by atoms with Gasteiger partial charge in [0, 0.05) is 78.3 Å². The second kappa shape index (κ2) is 26.9. The maximum absolute atomic E-state index is 14.4. The van der Waals surface area contributed by atoms with Crippen molar-refractivity contribution in [3.8, 4) is 0 Å². The number of allylic oxidation sites excluding steroid dienone is 1. The van der Waals surface area contributed by atoms with Crippen molar-refractivity contribution >= 4 is 106 Å². The number of aliphatic carboxylic acids is 2. The average molecular weight is 1210 g/mol. The van der Waals surface area contributed by atoms with E-state index in [1.54, 1.807) is 42.7 Å². The minimum absolute atomic E-state index is 0.0276. The zero-order valence-corrected chi connectivity index (χ0v) is 44.3. The van der Waals surface area contributed by atoms with Gasteiger partial charge < -0.3 is 39.8 Å². The number of benzene rings is 2. The molecule has 17 nitrogen and oxygen atoms in total. The van der Waals surface area contributed by atoms with Gasteiger partial charge in [0.05, 0.1) is 53.1 Å². The van der Waals surface area contributed by atoms with Crippen molar-refractivity contribution in [1.82, 2.24) is 25.5 Å². The lowest BCUT2D eigenvalue weighted by atomic mass is 9.95. The molecule has 4 atom stereocenters. The van der Waals surface area contributed by atoms with Gasteiger partial charge in [-0.1, -0.05) is 40.2 Å². The Balaban J connectivity index is 0.000000198. The normalized spacial score (nSPS) is 20.4. The first-order valence-corrected chi connectivity index (χ1v) is 26.0. The predicted octanol–water partition coefficient (Wildman–Crippen LogP) is 8.06. The van der Waals surface area contributed by atoms with Gasteiger partial charge >= 0.3 is 23.9 Å². The molecule has 6 heterocycles. The fourth-order valence-electron chi connectivity index (χ4n) is 7.45. The highest BCUT2D eigenvalue weighted by Crippen LogP contribution is 2.39. The van der Waals surface area contributed by atoms with Gasteiger partial charge in [0.2, 0.25) is 0 Å². The van der Waals surface area contributed by atoms with Gasteiger partial charge in [0.25, 0.3) is 0 Å². The quantitative estimate of drug-likeness (QED) is 0.0565. The van der Waals surface area contributed by atoms with E-state index in [-0.39, 0.29) is 20.6 Å². The van der Waals surface area contributed by atoms with Crippen LogP contribution in [0.4, 0.5) is 8.78 Å². The second-order valence-electron chi connectivity index (χ2n) is 15.3. The summed E-state index contributed by atoms with van der Waals surface area (Å²) >= 11 is 12.7. The first-order chi connectivity index (χ1) is 34.2. The Hall–Kier alpha value is -5.34. The van der Waals surface area contributed by atoms with E-state index < -0.39 is 53.7 Å². The SMILES string of the molecule is COC(=O)C1=C(CBr)NC(c2nccs2)=N[C@H]1c1cccc(F)c1Br.COC(=O)C1=C(CN2CCO[C@H](/C=C/C(=O)O)C2)NC(c2nccs2)=N[C@H]1c1cccc(F)c1Br.O=C(O)/C=C/[C@@H]1CCCCO1. The molecule has 2 aromatic heterocycles. The van der Waals surface area contributed by atoms with E-state index >= 15 is 0 Å². The summed E-state index contributed by atoms with van der Waals surface area (Å²) in [5, 5.41) is 28.9. The van der Waals surface area contributed by atoms with Crippen molar-refractivity contribution in [3.63, 3.8) is 0 Å². The van der Waals surface area contributed by atoms with E-state index in [9.17, 15) is 28.0 Å². The van der Waals surface area contributed by atoms with Crippen LogP contribution >= 0.6 is 70.5 Å². The van der Waals surface area contributed by atoms with Crippen LogP contribution < -0.4 is 10.6 Å². The van der Waals surface area contributed by atoms with E-state index in [0.29, 0.717) is 81.4 Å². The number of nitrogens with zero attached hydrogens (tertiary/aromatic N) is 5. The lowest BCUT2D eigenvalue weighted by Gasteiger charge is -2.34. The Morgan fingerprint density at radius 3 is 1.75 bits per heavy atom. The Labute approximate surface area is 439 Å². The molecule has 0 spiro atoms. The highest BCUT2D eigenvalue weighted by Gasteiger charge is 2.36. The molecule has 71 heavy (non-hydrogen) atoms. The minimum atomic E-state index is -1.05. The number of carbonyl (C=O) groups excluding carboxylic acids is 2. The van der Waals surface area contributed by atoms with Gasteiger partial charge in [0.15, 0.2) is 21.7 Å². The molecule has 4 aliphatic heterocycles. The third-order valence-corrected chi connectivity index (χ3v) is 14.5. The number of rotatable bonds is 13. The number of aromatic nitrogens is 2. The number of methoxy groups -OCH3 is 2. The Morgan fingerprint density at radius 2 is 1.28 bits per heavy atom. The minimum Gasteiger partial charge on any atom is -0.478 e. The number of ether oxygens (including phenoxy) is 4. The summed E-state index contributed by atoms with van der Waals surface area (Å²) in [7, 11) is 2.59. The second-order valence-corrected chi connectivity index (χ2v) is 19.3. The lowest BCUT2D eigenvalue weighted by Crippen LogP contribution is -2.46. The van der Waals surface area contributed by atoms with Crippen LogP contribution in [0.2, 0.25) is 0 Å². The van der Waals surface area contributed by atoms with Crippen molar-refractivity contribution in [2.45, 2.75) is 43.6 Å². The van der Waals surface area contributed by atoms with Crippen LogP contribution in [0.25, 0.3) is 0 Å². The molecule has 0 radical (unpaired) electrons. The number of thiazole rings is 2. The molecule has 24 heteroatoms. The molecule has 0 amide bonds. The molecule has 0 bridgehead atoms. The van der Waals surface area contributed by atoms with Gasteiger partial charge in [-0.25, -0.2) is 37.9 Å².